The molecule has 5 aromatic rings. The average Bonchev–Trinajstić information content (AvgIpc) is 3.40. The number of imidazole rings is 1. The molecule has 0 aliphatic heterocycles. The minimum absolute atomic E-state index is 0.467. The van der Waals surface area contributed by atoms with Gasteiger partial charge in [-0.2, -0.15) is 5.26 Å². The van der Waals surface area contributed by atoms with Crippen LogP contribution in [-0.4, -0.2) is 21.6 Å². The third-order valence-electron chi connectivity index (χ3n) is 5.45. The van der Waals surface area contributed by atoms with E-state index in [1.165, 1.54) is 0 Å². The molecule has 1 N–H and O–H groups in total. The molecule has 5 nitrogen and oxygen atoms in total. The molecule has 5 rings (SSSR count). The van der Waals surface area contributed by atoms with Gasteiger partial charge in [-0.25, -0.2) is 4.98 Å². The standard InChI is InChI=1S/C26H19ClN4O/c1-32-21-10-11-23-24(13-21)30-26(29-23)18(14-28)12-19-16-31(25-5-3-2-4-22(19)25)15-17-6-8-20(27)9-7-17/h2-13,16H,15H2,1H3,(H,29,30)/b18-12-. The number of rotatable bonds is 5. The van der Waals surface area contributed by atoms with Gasteiger partial charge >= 0.3 is 0 Å². The molecule has 0 amide bonds. The summed E-state index contributed by atoms with van der Waals surface area (Å²) in [5.41, 5.74) is 5.29. The highest BCUT2D eigenvalue weighted by Crippen LogP contribution is 2.28. The SMILES string of the molecule is COc1ccc2nc(/C(C#N)=C\c3cn(Cc4ccc(Cl)cc4)c4ccccc34)[nH]c2c1. The maximum Gasteiger partial charge on any atom is 0.149 e. The second-order valence-electron chi connectivity index (χ2n) is 7.49. The number of halogens is 1. The summed E-state index contributed by atoms with van der Waals surface area (Å²) in [4.78, 5) is 7.84. The number of aromatic amines is 1. The van der Waals surface area contributed by atoms with Crippen molar-refractivity contribution in [1.82, 2.24) is 14.5 Å². The van der Waals surface area contributed by atoms with Crippen LogP contribution >= 0.6 is 11.6 Å². The molecule has 0 radical (unpaired) electrons. The van der Waals surface area contributed by atoms with Crippen LogP contribution in [0.15, 0.2) is 72.9 Å². The van der Waals surface area contributed by atoms with Gasteiger partial charge in [0.1, 0.15) is 17.6 Å². The van der Waals surface area contributed by atoms with Crippen LogP contribution in [0, 0.1) is 11.3 Å². The van der Waals surface area contributed by atoms with Crippen LogP contribution in [0.1, 0.15) is 17.0 Å². The summed E-state index contributed by atoms with van der Waals surface area (Å²) in [5, 5.41) is 11.7. The third kappa shape index (κ3) is 3.73. The fraction of sp³-hybridized carbons (Fsp3) is 0.0769. The zero-order valence-corrected chi connectivity index (χ0v) is 18.1. The molecule has 0 bridgehead atoms. The lowest BCUT2D eigenvalue weighted by Crippen LogP contribution is -1.97. The summed E-state index contributed by atoms with van der Waals surface area (Å²) in [7, 11) is 1.62. The zero-order valence-electron chi connectivity index (χ0n) is 17.3. The van der Waals surface area contributed by atoms with Crippen LogP contribution in [0.25, 0.3) is 33.6 Å². The van der Waals surface area contributed by atoms with Gasteiger partial charge in [0, 0.05) is 40.3 Å². The maximum absolute atomic E-state index is 9.88. The van der Waals surface area contributed by atoms with Crippen LogP contribution in [0.5, 0.6) is 5.75 Å². The monoisotopic (exact) mass is 438 g/mol. The Morgan fingerprint density at radius 3 is 2.75 bits per heavy atom. The first-order valence-corrected chi connectivity index (χ1v) is 10.5. The number of hydrogen-bond donors (Lipinski definition) is 1. The van der Waals surface area contributed by atoms with Crippen LogP contribution in [-0.2, 0) is 6.54 Å². The Morgan fingerprint density at radius 1 is 1.16 bits per heavy atom. The normalized spacial score (nSPS) is 11.7. The van der Waals surface area contributed by atoms with Gasteiger partial charge in [0.2, 0.25) is 0 Å². The molecule has 0 saturated carbocycles. The highest BCUT2D eigenvalue weighted by Gasteiger charge is 2.12. The summed E-state index contributed by atoms with van der Waals surface area (Å²) < 4.78 is 7.47. The van der Waals surface area contributed by atoms with E-state index >= 15 is 0 Å². The first-order valence-electron chi connectivity index (χ1n) is 10.1. The number of aromatic nitrogens is 3. The third-order valence-corrected chi connectivity index (χ3v) is 5.70. The molecule has 3 aromatic carbocycles. The molecule has 0 saturated heterocycles. The van der Waals surface area contributed by atoms with Crippen molar-refractivity contribution in [3.8, 4) is 11.8 Å². The van der Waals surface area contributed by atoms with E-state index in [2.05, 4.69) is 38.9 Å². The van der Waals surface area contributed by atoms with Crippen LogP contribution < -0.4 is 4.74 Å². The molecule has 156 valence electrons. The summed E-state index contributed by atoms with van der Waals surface area (Å²) >= 11 is 6.03. The van der Waals surface area contributed by atoms with E-state index in [0.717, 1.165) is 43.8 Å². The van der Waals surface area contributed by atoms with Crippen molar-refractivity contribution < 1.29 is 4.74 Å². The summed E-state index contributed by atoms with van der Waals surface area (Å²) in [6.07, 6.45) is 3.96. The Bertz CT molecular complexity index is 1500. The van der Waals surface area contributed by atoms with Crippen LogP contribution in [0.2, 0.25) is 5.02 Å². The molecular weight excluding hydrogens is 420 g/mol. The number of fused-ring (bicyclic) bond motifs is 2. The Kier molecular flexibility index (Phi) is 5.14. The predicted octanol–water partition coefficient (Wildman–Crippen LogP) is 6.29. The number of H-pyrrole nitrogens is 1. The largest absolute Gasteiger partial charge is 0.497 e. The Balaban J connectivity index is 1.57. The molecule has 0 atom stereocenters. The fourth-order valence-electron chi connectivity index (χ4n) is 3.86. The number of hydrogen-bond acceptors (Lipinski definition) is 3. The first kappa shape index (κ1) is 19.9. The molecular formula is C26H19ClN4O. The molecule has 32 heavy (non-hydrogen) atoms. The van der Waals surface area contributed by atoms with E-state index < -0.39 is 0 Å². The number of methoxy groups -OCH3 is 1. The van der Waals surface area contributed by atoms with E-state index in [1.54, 1.807) is 7.11 Å². The highest BCUT2D eigenvalue weighted by molar-refractivity contribution is 6.30. The van der Waals surface area contributed by atoms with Gasteiger partial charge in [-0.05, 0) is 42.0 Å². The van der Waals surface area contributed by atoms with Gasteiger partial charge in [0.05, 0.1) is 23.7 Å². The van der Waals surface area contributed by atoms with Crippen molar-refractivity contribution in [2.75, 3.05) is 7.11 Å². The smallest absolute Gasteiger partial charge is 0.149 e. The summed E-state index contributed by atoms with van der Waals surface area (Å²) in [6, 6.07) is 23.9. The second-order valence-corrected chi connectivity index (χ2v) is 7.93. The lowest BCUT2D eigenvalue weighted by atomic mass is 10.1. The topological polar surface area (TPSA) is 66.6 Å². The Morgan fingerprint density at radius 2 is 1.97 bits per heavy atom. The van der Waals surface area contributed by atoms with E-state index in [9.17, 15) is 5.26 Å². The molecule has 6 heteroatoms. The summed E-state index contributed by atoms with van der Waals surface area (Å²) in [6.45, 7) is 0.706. The molecule has 2 heterocycles. The van der Waals surface area contributed by atoms with Crippen LogP contribution in [0.4, 0.5) is 0 Å². The number of nitriles is 1. The zero-order chi connectivity index (χ0) is 22.1. The van der Waals surface area contributed by atoms with Gasteiger partial charge < -0.3 is 14.3 Å². The quantitative estimate of drug-likeness (QED) is 0.328. The molecule has 0 unspecified atom stereocenters. The van der Waals surface area contributed by atoms with Gasteiger partial charge in [0.15, 0.2) is 0 Å². The maximum atomic E-state index is 9.88. The first-order chi connectivity index (χ1) is 15.6. The van der Waals surface area contributed by atoms with Crippen molar-refractivity contribution in [3.63, 3.8) is 0 Å². The number of para-hydroxylation sites is 1. The van der Waals surface area contributed by atoms with E-state index in [1.807, 2.05) is 60.7 Å². The molecule has 0 aliphatic rings. The van der Waals surface area contributed by atoms with Crippen molar-refractivity contribution >= 4 is 45.2 Å². The van der Waals surface area contributed by atoms with Crippen molar-refractivity contribution in [2.45, 2.75) is 6.54 Å². The van der Waals surface area contributed by atoms with E-state index in [-0.39, 0.29) is 0 Å². The number of allylic oxidation sites excluding steroid dienone is 1. The lowest BCUT2D eigenvalue weighted by Gasteiger charge is -2.05. The van der Waals surface area contributed by atoms with Crippen molar-refractivity contribution in [1.29, 1.82) is 5.26 Å². The van der Waals surface area contributed by atoms with Gasteiger partial charge in [-0.15, -0.1) is 0 Å². The minimum Gasteiger partial charge on any atom is -0.497 e. The summed E-state index contributed by atoms with van der Waals surface area (Å²) in [5.74, 6) is 1.27. The molecule has 0 spiro atoms. The highest BCUT2D eigenvalue weighted by atomic mass is 35.5. The number of benzene rings is 3. The van der Waals surface area contributed by atoms with Gasteiger partial charge in [-0.3, -0.25) is 0 Å². The number of ether oxygens (including phenoxy) is 1. The fourth-order valence-corrected chi connectivity index (χ4v) is 3.99. The average molecular weight is 439 g/mol. The van der Waals surface area contributed by atoms with Crippen molar-refractivity contribution in [3.05, 3.63) is 94.9 Å². The molecule has 2 aromatic heterocycles. The lowest BCUT2D eigenvalue weighted by molar-refractivity contribution is 0.415. The van der Waals surface area contributed by atoms with Crippen LogP contribution in [0.3, 0.4) is 0 Å². The van der Waals surface area contributed by atoms with Gasteiger partial charge in [0.25, 0.3) is 0 Å². The predicted molar refractivity (Wildman–Crippen MR) is 129 cm³/mol. The Labute approximate surface area is 190 Å². The Hall–Kier alpha value is -4.01. The number of nitrogens with zero attached hydrogens (tertiary/aromatic N) is 3. The molecule has 0 aliphatic carbocycles. The minimum atomic E-state index is 0.467. The molecule has 0 fully saturated rings. The van der Waals surface area contributed by atoms with Crippen molar-refractivity contribution in [2.24, 2.45) is 0 Å². The number of nitrogens with one attached hydrogen (secondary N) is 1. The van der Waals surface area contributed by atoms with E-state index in [4.69, 9.17) is 16.3 Å². The van der Waals surface area contributed by atoms with E-state index in [0.29, 0.717) is 17.9 Å². The second kappa shape index (κ2) is 8.26. The van der Waals surface area contributed by atoms with Gasteiger partial charge in [-0.1, -0.05) is 41.9 Å².